The lowest BCUT2D eigenvalue weighted by Crippen LogP contribution is -2.74. The summed E-state index contributed by atoms with van der Waals surface area (Å²) in [6.45, 7) is 2.07. The molecule has 206 valence electrons. The number of aryl methyl sites for hydroxylation is 1. The number of carbonyl (C=O) groups excluding carboxylic acids is 5. The highest BCUT2D eigenvalue weighted by atomic mass is 16.3. The Balaban J connectivity index is 1.86. The van der Waals surface area contributed by atoms with E-state index < -0.39 is 64.4 Å². The van der Waals surface area contributed by atoms with E-state index in [1.165, 1.54) is 4.90 Å². The van der Waals surface area contributed by atoms with E-state index in [0.717, 1.165) is 24.9 Å². The van der Waals surface area contributed by atoms with E-state index in [2.05, 4.69) is 6.92 Å². The van der Waals surface area contributed by atoms with Crippen LogP contribution in [0.3, 0.4) is 0 Å². The van der Waals surface area contributed by atoms with Gasteiger partial charge in [-0.3, -0.25) is 28.9 Å². The highest BCUT2D eigenvalue weighted by Gasteiger charge is 2.69. The van der Waals surface area contributed by atoms with Crippen molar-refractivity contribution in [2.24, 2.45) is 29.4 Å². The summed E-state index contributed by atoms with van der Waals surface area (Å²) in [6.07, 6.45) is 3.60. The number of ketones is 4. The lowest BCUT2D eigenvalue weighted by Gasteiger charge is -2.52. The number of hydrogen-bond acceptors (Lipinski definition) is 9. The fourth-order valence-corrected chi connectivity index (χ4v) is 6.86. The Kier molecular flexibility index (Phi) is 7.26. The molecule has 1 amide bonds. The fourth-order valence-electron chi connectivity index (χ4n) is 6.86. The standard InChI is InChI=1S/C28H37N3O7/c1-6-7-8-9-13-12-17(30(2)3)15-10-14-11-16-21(31(4)5)24(34)20(27(29)37)26(36)28(16,38)25(35)18(14)23(33)19(15)22(13)32/h12,14,16,18,20-21,32,38H,6-11H2,1-5H3,(H2,29,37)/t14-,16-,18?,20?,21-,28-/m0/s1. The first-order valence-corrected chi connectivity index (χ1v) is 13.2. The van der Waals surface area contributed by atoms with E-state index in [0.29, 0.717) is 17.5 Å². The van der Waals surface area contributed by atoms with Gasteiger partial charge in [-0.1, -0.05) is 19.8 Å². The summed E-state index contributed by atoms with van der Waals surface area (Å²) in [5, 5.41) is 22.9. The van der Waals surface area contributed by atoms with Crippen LogP contribution in [-0.2, 0) is 32.0 Å². The fraction of sp³-hybridized carbons (Fsp3) is 0.607. The lowest BCUT2D eigenvalue weighted by atomic mass is 9.52. The van der Waals surface area contributed by atoms with Crippen LogP contribution in [0.15, 0.2) is 6.07 Å². The van der Waals surface area contributed by atoms with Gasteiger partial charge in [0.2, 0.25) is 5.91 Å². The van der Waals surface area contributed by atoms with E-state index in [-0.39, 0.29) is 24.2 Å². The SMILES string of the molecule is CCCCCc1cc(N(C)C)c2c(c1O)C(=O)C1C(=O)[C@]3(O)C(=O)C(C(N)=O)C(=O)[C@@H](N(C)C)[C@@H]3C[C@@H]1C2. The molecule has 0 heterocycles. The van der Waals surface area contributed by atoms with Crippen molar-refractivity contribution in [2.45, 2.75) is 57.1 Å². The highest BCUT2D eigenvalue weighted by Crippen LogP contribution is 2.52. The molecule has 4 N–H and O–H groups in total. The predicted octanol–water partition coefficient (Wildman–Crippen LogP) is 0.666. The van der Waals surface area contributed by atoms with Crippen molar-refractivity contribution in [1.82, 2.24) is 4.90 Å². The molecule has 0 aromatic heterocycles. The molecular weight excluding hydrogens is 490 g/mol. The maximum atomic E-state index is 14.0. The van der Waals surface area contributed by atoms with Crippen LogP contribution in [0.5, 0.6) is 5.75 Å². The average molecular weight is 528 g/mol. The van der Waals surface area contributed by atoms with Crippen molar-refractivity contribution in [3.05, 3.63) is 22.8 Å². The second kappa shape index (κ2) is 9.89. The lowest BCUT2D eigenvalue weighted by molar-refractivity contribution is -0.181. The maximum Gasteiger partial charge on any atom is 0.235 e. The number of phenols is 1. The summed E-state index contributed by atoms with van der Waals surface area (Å²) in [4.78, 5) is 69.9. The van der Waals surface area contributed by atoms with Crippen molar-refractivity contribution in [3.63, 3.8) is 0 Å². The molecule has 3 aliphatic rings. The van der Waals surface area contributed by atoms with Crippen molar-refractivity contribution in [3.8, 4) is 5.75 Å². The number of likely N-dealkylation sites (N-methyl/N-ethyl adjacent to an activating group) is 1. The van der Waals surface area contributed by atoms with Gasteiger partial charge in [0.25, 0.3) is 0 Å². The summed E-state index contributed by atoms with van der Waals surface area (Å²) in [7, 11) is 6.82. The summed E-state index contributed by atoms with van der Waals surface area (Å²) < 4.78 is 0. The molecule has 1 aromatic carbocycles. The monoisotopic (exact) mass is 527 g/mol. The first-order chi connectivity index (χ1) is 17.8. The first-order valence-electron chi connectivity index (χ1n) is 13.2. The molecule has 0 radical (unpaired) electrons. The summed E-state index contributed by atoms with van der Waals surface area (Å²) in [5.74, 6) is -10.2. The normalized spacial score (nSPS) is 30.7. The highest BCUT2D eigenvalue weighted by molar-refractivity contribution is 6.32. The van der Waals surface area contributed by atoms with Crippen LogP contribution in [0.4, 0.5) is 5.69 Å². The van der Waals surface area contributed by atoms with Crippen LogP contribution in [0, 0.1) is 23.7 Å². The quantitative estimate of drug-likeness (QED) is 0.342. The molecular formula is C28H37N3O7. The third-order valence-corrected chi connectivity index (χ3v) is 8.65. The number of hydrogen-bond donors (Lipinski definition) is 3. The van der Waals surface area contributed by atoms with Gasteiger partial charge in [0, 0.05) is 25.7 Å². The molecule has 10 nitrogen and oxygen atoms in total. The number of unbranched alkanes of at least 4 members (excludes halogenated alkanes) is 2. The number of fused-ring (bicyclic) bond motifs is 3. The summed E-state index contributed by atoms with van der Waals surface area (Å²) >= 11 is 0. The molecule has 0 aliphatic heterocycles. The predicted molar refractivity (Wildman–Crippen MR) is 139 cm³/mol. The number of amides is 1. The molecule has 0 saturated heterocycles. The van der Waals surface area contributed by atoms with Crippen LogP contribution in [0.1, 0.15) is 54.1 Å². The first kappa shape index (κ1) is 27.9. The largest absolute Gasteiger partial charge is 0.507 e. The van der Waals surface area contributed by atoms with Gasteiger partial charge in [-0.25, -0.2) is 0 Å². The molecule has 10 heteroatoms. The molecule has 0 spiro atoms. The second-order valence-corrected chi connectivity index (χ2v) is 11.4. The van der Waals surface area contributed by atoms with E-state index in [1.807, 2.05) is 25.1 Å². The minimum atomic E-state index is -2.71. The van der Waals surface area contributed by atoms with Gasteiger partial charge in [0.15, 0.2) is 34.7 Å². The van der Waals surface area contributed by atoms with Gasteiger partial charge in [-0.15, -0.1) is 0 Å². The average Bonchev–Trinajstić information content (AvgIpc) is 2.82. The van der Waals surface area contributed by atoms with Crippen LogP contribution < -0.4 is 10.6 Å². The number of benzene rings is 1. The van der Waals surface area contributed by atoms with Crippen LogP contribution >= 0.6 is 0 Å². The number of nitrogens with two attached hydrogens (primary N) is 1. The van der Waals surface area contributed by atoms with Gasteiger partial charge in [-0.05, 0) is 62.9 Å². The van der Waals surface area contributed by atoms with Gasteiger partial charge >= 0.3 is 0 Å². The van der Waals surface area contributed by atoms with Crippen molar-refractivity contribution in [1.29, 1.82) is 0 Å². The van der Waals surface area contributed by atoms with Gasteiger partial charge in [0.1, 0.15) is 5.75 Å². The zero-order valence-corrected chi connectivity index (χ0v) is 22.6. The number of carbonyl (C=O) groups is 5. The Bertz CT molecular complexity index is 1220. The van der Waals surface area contributed by atoms with Gasteiger partial charge < -0.3 is 20.8 Å². The number of primary amides is 1. The molecule has 3 aliphatic carbocycles. The number of Topliss-reactive ketones (excluding diaryl/α,β-unsaturated/α-hetero) is 4. The van der Waals surface area contributed by atoms with Crippen molar-refractivity contribution in [2.75, 3.05) is 33.1 Å². The smallest absolute Gasteiger partial charge is 0.235 e. The number of aromatic hydroxyl groups is 1. The molecule has 1 aromatic rings. The van der Waals surface area contributed by atoms with Crippen LogP contribution in [-0.4, -0.2) is 84.0 Å². The Hall–Kier alpha value is -3.11. The zero-order chi connectivity index (χ0) is 28.3. The number of aliphatic hydroxyl groups is 1. The summed E-state index contributed by atoms with van der Waals surface area (Å²) in [6, 6.07) is 0.769. The molecule has 4 rings (SSSR count). The van der Waals surface area contributed by atoms with E-state index >= 15 is 0 Å². The minimum absolute atomic E-state index is 0.0375. The van der Waals surface area contributed by atoms with Crippen LogP contribution in [0.25, 0.3) is 0 Å². The number of rotatable bonds is 7. The van der Waals surface area contributed by atoms with Gasteiger partial charge in [0.05, 0.1) is 17.5 Å². The zero-order valence-electron chi connectivity index (χ0n) is 22.6. The van der Waals surface area contributed by atoms with Crippen molar-refractivity contribution < 1.29 is 34.2 Å². The Morgan fingerprint density at radius 2 is 1.76 bits per heavy atom. The molecule has 0 bridgehead atoms. The topological polar surface area (TPSA) is 158 Å². The molecule has 2 saturated carbocycles. The Labute approximate surface area is 222 Å². The number of nitrogens with zero attached hydrogens (tertiary/aromatic N) is 2. The number of phenolic OH excluding ortho intramolecular Hbond substituents is 1. The molecule has 2 fully saturated rings. The maximum absolute atomic E-state index is 14.0. The molecule has 38 heavy (non-hydrogen) atoms. The number of anilines is 1. The minimum Gasteiger partial charge on any atom is -0.507 e. The Morgan fingerprint density at radius 1 is 1.11 bits per heavy atom. The van der Waals surface area contributed by atoms with Crippen LogP contribution in [0.2, 0.25) is 0 Å². The molecule has 6 atom stereocenters. The Morgan fingerprint density at radius 3 is 2.32 bits per heavy atom. The third kappa shape index (κ3) is 3.96. The van der Waals surface area contributed by atoms with E-state index in [4.69, 9.17) is 5.73 Å². The van der Waals surface area contributed by atoms with E-state index in [9.17, 15) is 34.2 Å². The summed E-state index contributed by atoms with van der Waals surface area (Å²) in [5.41, 5.74) is 4.68. The molecule has 2 unspecified atom stereocenters. The van der Waals surface area contributed by atoms with Crippen molar-refractivity contribution >= 4 is 34.7 Å². The third-order valence-electron chi connectivity index (χ3n) is 8.65. The van der Waals surface area contributed by atoms with E-state index in [1.54, 1.807) is 14.1 Å². The van der Waals surface area contributed by atoms with Gasteiger partial charge in [-0.2, -0.15) is 0 Å². The second-order valence-electron chi connectivity index (χ2n) is 11.4.